The minimum atomic E-state index is -0.151. The molecule has 1 N–H and O–H groups in total. The Morgan fingerprint density at radius 3 is 2.73 bits per heavy atom. The summed E-state index contributed by atoms with van der Waals surface area (Å²) < 4.78 is 0. The van der Waals surface area contributed by atoms with E-state index in [-0.39, 0.29) is 17.9 Å². The van der Waals surface area contributed by atoms with Crippen molar-refractivity contribution in [3.05, 3.63) is 35.9 Å². The average molecular weight is 302 g/mol. The Morgan fingerprint density at radius 1 is 1.32 bits per heavy atom. The lowest BCUT2D eigenvalue weighted by molar-refractivity contribution is -0.133. The van der Waals surface area contributed by atoms with Gasteiger partial charge in [0.2, 0.25) is 5.91 Å². The van der Waals surface area contributed by atoms with Gasteiger partial charge in [-0.1, -0.05) is 31.5 Å². The van der Waals surface area contributed by atoms with Crippen molar-refractivity contribution in [2.24, 2.45) is 5.92 Å². The highest BCUT2D eigenvalue weighted by Gasteiger charge is 2.24. The van der Waals surface area contributed by atoms with Gasteiger partial charge in [0.1, 0.15) is 0 Å². The molecule has 0 radical (unpaired) electrons. The van der Waals surface area contributed by atoms with Crippen LogP contribution >= 0.6 is 0 Å². The van der Waals surface area contributed by atoms with Crippen LogP contribution in [0.5, 0.6) is 0 Å². The summed E-state index contributed by atoms with van der Waals surface area (Å²) in [5, 5.41) is 2.90. The molecule has 0 spiro atoms. The van der Waals surface area contributed by atoms with E-state index in [2.05, 4.69) is 12.2 Å². The first-order valence-electron chi connectivity index (χ1n) is 8.23. The molecule has 1 fully saturated rings. The molecule has 0 aromatic heterocycles. The lowest BCUT2D eigenvalue weighted by Gasteiger charge is -2.33. The monoisotopic (exact) mass is 302 g/mol. The van der Waals surface area contributed by atoms with Crippen LogP contribution in [0.3, 0.4) is 0 Å². The van der Waals surface area contributed by atoms with Crippen molar-refractivity contribution in [1.29, 1.82) is 0 Å². The Bertz CT molecular complexity index is 501. The Morgan fingerprint density at radius 2 is 2.05 bits per heavy atom. The van der Waals surface area contributed by atoms with E-state index >= 15 is 0 Å². The molecule has 2 unspecified atom stereocenters. The van der Waals surface area contributed by atoms with E-state index in [4.69, 9.17) is 0 Å². The summed E-state index contributed by atoms with van der Waals surface area (Å²) in [6, 6.07) is 8.96. The number of carbonyl (C=O) groups is 2. The van der Waals surface area contributed by atoms with E-state index in [1.807, 2.05) is 30.0 Å². The summed E-state index contributed by atoms with van der Waals surface area (Å²) in [4.78, 5) is 26.4. The van der Waals surface area contributed by atoms with E-state index in [0.717, 1.165) is 25.9 Å². The fraction of sp³-hybridized carbons (Fsp3) is 0.556. The van der Waals surface area contributed by atoms with Crippen molar-refractivity contribution >= 4 is 11.8 Å². The summed E-state index contributed by atoms with van der Waals surface area (Å²) >= 11 is 0. The summed E-state index contributed by atoms with van der Waals surface area (Å²) in [7, 11) is 0. The SMILES string of the molecule is CCC1CCCN(C(=O)CC(C)NC(=O)c2ccccc2)C1. The van der Waals surface area contributed by atoms with Gasteiger partial charge in [-0.25, -0.2) is 0 Å². The largest absolute Gasteiger partial charge is 0.349 e. The first kappa shape index (κ1) is 16.5. The molecule has 0 saturated carbocycles. The summed E-state index contributed by atoms with van der Waals surface area (Å²) in [5.41, 5.74) is 0.630. The second-order valence-corrected chi connectivity index (χ2v) is 6.20. The first-order chi connectivity index (χ1) is 10.6. The molecule has 2 amide bonds. The molecule has 2 rings (SSSR count). The number of benzene rings is 1. The Hall–Kier alpha value is -1.84. The van der Waals surface area contributed by atoms with Crippen LogP contribution in [-0.4, -0.2) is 35.8 Å². The number of amides is 2. The summed E-state index contributed by atoms with van der Waals surface area (Å²) in [6.07, 6.45) is 3.81. The van der Waals surface area contributed by atoms with Crippen LogP contribution in [0, 0.1) is 5.92 Å². The molecule has 22 heavy (non-hydrogen) atoms. The number of nitrogens with one attached hydrogen (secondary N) is 1. The standard InChI is InChI=1S/C18H26N2O2/c1-3-15-8-7-11-20(13-15)17(21)12-14(2)19-18(22)16-9-5-4-6-10-16/h4-6,9-10,14-15H,3,7-8,11-13H2,1-2H3,(H,19,22). The smallest absolute Gasteiger partial charge is 0.251 e. The van der Waals surface area contributed by atoms with E-state index in [0.29, 0.717) is 17.9 Å². The van der Waals surface area contributed by atoms with Gasteiger partial charge >= 0.3 is 0 Å². The second kappa shape index (κ2) is 7.97. The van der Waals surface area contributed by atoms with Gasteiger partial charge in [0.15, 0.2) is 0 Å². The van der Waals surface area contributed by atoms with Crippen LogP contribution < -0.4 is 5.32 Å². The normalized spacial score (nSPS) is 19.5. The number of piperidine rings is 1. The lowest BCUT2D eigenvalue weighted by atomic mass is 9.95. The number of rotatable bonds is 5. The molecule has 2 atom stereocenters. The second-order valence-electron chi connectivity index (χ2n) is 6.20. The quantitative estimate of drug-likeness (QED) is 0.909. The van der Waals surface area contributed by atoms with Crippen LogP contribution in [0.2, 0.25) is 0 Å². The zero-order valence-electron chi connectivity index (χ0n) is 13.5. The number of nitrogens with zero attached hydrogens (tertiary/aromatic N) is 1. The molecule has 4 heteroatoms. The molecule has 1 saturated heterocycles. The minimum Gasteiger partial charge on any atom is -0.349 e. The van der Waals surface area contributed by atoms with Crippen molar-refractivity contribution in [3.8, 4) is 0 Å². The van der Waals surface area contributed by atoms with Crippen molar-refractivity contribution in [3.63, 3.8) is 0 Å². The lowest BCUT2D eigenvalue weighted by Crippen LogP contribution is -2.43. The van der Waals surface area contributed by atoms with E-state index < -0.39 is 0 Å². The first-order valence-corrected chi connectivity index (χ1v) is 8.23. The zero-order valence-corrected chi connectivity index (χ0v) is 13.5. The molecule has 1 aliphatic heterocycles. The van der Waals surface area contributed by atoms with Gasteiger partial charge < -0.3 is 10.2 Å². The molecule has 1 aromatic carbocycles. The predicted molar refractivity (Wildman–Crippen MR) is 87.6 cm³/mol. The van der Waals surface area contributed by atoms with Gasteiger partial charge in [0.25, 0.3) is 5.91 Å². The molecule has 1 aliphatic rings. The Kier molecular flexibility index (Phi) is 5.99. The van der Waals surface area contributed by atoms with Crippen LogP contribution in [-0.2, 0) is 4.79 Å². The fourth-order valence-corrected chi connectivity index (χ4v) is 2.96. The van der Waals surface area contributed by atoms with E-state index in [9.17, 15) is 9.59 Å². The Labute approximate surface area is 132 Å². The average Bonchev–Trinajstić information content (AvgIpc) is 2.55. The van der Waals surface area contributed by atoms with Crippen molar-refractivity contribution in [1.82, 2.24) is 10.2 Å². The van der Waals surface area contributed by atoms with Crippen LogP contribution in [0.25, 0.3) is 0 Å². The molecule has 0 bridgehead atoms. The number of hydrogen-bond donors (Lipinski definition) is 1. The number of hydrogen-bond acceptors (Lipinski definition) is 2. The maximum atomic E-state index is 12.4. The van der Waals surface area contributed by atoms with Gasteiger partial charge in [0, 0.05) is 31.1 Å². The number of carbonyl (C=O) groups excluding carboxylic acids is 2. The third-order valence-corrected chi connectivity index (χ3v) is 4.34. The molecule has 0 aliphatic carbocycles. The topological polar surface area (TPSA) is 49.4 Å². The van der Waals surface area contributed by atoms with Gasteiger partial charge in [-0.2, -0.15) is 0 Å². The minimum absolute atomic E-state index is 0.119. The van der Waals surface area contributed by atoms with Crippen molar-refractivity contribution < 1.29 is 9.59 Å². The third-order valence-electron chi connectivity index (χ3n) is 4.34. The van der Waals surface area contributed by atoms with Gasteiger partial charge in [-0.05, 0) is 37.8 Å². The van der Waals surface area contributed by atoms with Crippen molar-refractivity contribution in [2.45, 2.75) is 45.6 Å². The maximum absolute atomic E-state index is 12.4. The highest BCUT2D eigenvalue weighted by Crippen LogP contribution is 2.19. The molecule has 120 valence electrons. The molecule has 1 heterocycles. The molecular formula is C18H26N2O2. The summed E-state index contributed by atoms with van der Waals surface area (Å²) in [6.45, 7) is 5.80. The zero-order chi connectivity index (χ0) is 15.9. The van der Waals surface area contributed by atoms with Crippen LogP contribution in [0.1, 0.15) is 49.9 Å². The van der Waals surface area contributed by atoms with E-state index in [1.165, 1.54) is 6.42 Å². The fourth-order valence-electron chi connectivity index (χ4n) is 2.96. The molecule has 4 nitrogen and oxygen atoms in total. The highest BCUT2D eigenvalue weighted by atomic mass is 16.2. The van der Waals surface area contributed by atoms with Crippen LogP contribution in [0.15, 0.2) is 30.3 Å². The number of likely N-dealkylation sites (tertiary alicyclic amines) is 1. The molecule has 1 aromatic rings. The van der Waals surface area contributed by atoms with Gasteiger partial charge in [0.05, 0.1) is 0 Å². The maximum Gasteiger partial charge on any atom is 0.251 e. The molecular weight excluding hydrogens is 276 g/mol. The highest BCUT2D eigenvalue weighted by molar-refractivity contribution is 5.94. The van der Waals surface area contributed by atoms with Gasteiger partial charge in [-0.3, -0.25) is 9.59 Å². The van der Waals surface area contributed by atoms with Crippen molar-refractivity contribution in [2.75, 3.05) is 13.1 Å². The van der Waals surface area contributed by atoms with Gasteiger partial charge in [-0.15, -0.1) is 0 Å². The third kappa shape index (κ3) is 4.58. The summed E-state index contributed by atoms with van der Waals surface area (Å²) in [5.74, 6) is 0.664. The van der Waals surface area contributed by atoms with Crippen LogP contribution in [0.4, 0.5) is 0 Å². The van der Waals surface area contributed by atoms with E-state index in [1.54, 1.807) is 12.1 Å². The Balaban J connectivity index is 1.82. The predicted octanol–water partition coefficient (Wildman–Crippen LogP) is 2.84.